The normalized spacial score (nSPS) is 14.1. The fraction of sp³-hybridized carbons (Fsp3) is 0.308. The van der Waals surface area contributed by atoms with Gasteiger partial charge in [0.05, 0.1) is 19.4 Å². The number of piperazine rings is 1. The average molecular weight is 521 g/mol. The summed E-state index contributed by atoms with van der Waals surface area (Å²) in [7, 11) is 1.61. The van der Waals surface area contributed by atoms with E-state index in [1.54, 1.807) is 12.0 Å². The van der Waals surface area contributed by atoms with Gasteiger partial charge in [-0.15, -0.1) is 0 Å². The van der Waals surface area contributed by atoms with E-state index in [0.29, 0.717) is 55.0 Å². The standard InChI is InChI=1S/C26H28N6O4S/c1-3-36-21-9-7-19(8-10-21)27-25(34)31-13-11-30(12-14-31)17-20-16-23(33)32-26(28-20)37-24(29-32)18-5-4-6-22(15-18)35-2/h4-10,15-16H,3,11-14,17H2,1-2H3,(H,27,34). The molecule has 0 saturated carbocycles. The molecule has 0 aliphatic carbocycles. The second-order valence-electron chi connectivity index (χ2n) is 8.57. The quantitative estimate of drug-likeness (QED) is 0.398. The van der Waals surface area contributed by atoms with Gasteiger partial charge in [0.2, 0.25) is 4.96 Å². The van der Waals surface area contributed by atoms with Crippen LogP contribution in [-0.4, -0.2) is 70.3 Å². The van der Waals surface area contributed by atoms with Gasteiger partial charge >= 0.3 is 6.03 Å². The molecule has 5 rings (SSSR count). The highest BCUT2D eigenvalue weighted by molar-refractivity contribution is 7.19. The molecule has 0 unspecified atom stereocenters. The largest absolute Gasteiger partial charge is 0.497 e. The van der Waals surface area contributed by atoms with E-state index in [-0.39, 0.29) is 11.6 Å². The summed E-state index contributed by atoms with van der Waals surface area (Å²) in [5, 5.41) is 8.10. The molecule has 11 heteroatoms. The van der Waals surface area contributed by atoms with Crippen LogP contribution in [0.1, 0.15) is 12.6 Å². The molecule has 1 N–H and O–H groups in total. The number of nitrogens with zero attached hydrogens (tertiary/aromatic N) is 5. The highest BCUT2D eigenvalue weighted by Gasteiger charge is 2.22. The molecule has 2 amide bonds. The predicted molar refractivity (Wildman–Crippen MR) is 143 cm³/mol. The van der Waals surface area contributed by atoms with Gasteiger partial charge in [-0.2, -0.15) is 9.61 Å². The number of carbonyl (C=O) groups excluding carboxylic acids is 1. The minimum atomic E-state index is -0.209. The molecule has 1 fully saturated rings. The molecule has 37 heavy (non-hydrogen) atoms. The number of aromatic nitrogens is 3. The van der Waals surface area contributed by atoms with Crippen LogP contribution >= 0.6 is 11.3 Å². The van der Waals surface area contributed by atoms with Gasteiger partial charge < -0.3 is 19.7 Å². The predicted octanol–water partition coefficient (Wildman–Crippen LogP) is 3.58. The molecule has 0 bridgehead atoms. The Morgan fingerprint density at radius 3 is 2.57 bits per heavy atom. The molecule has 1 aliphatic heterocycles. The van der Waals surface area contributed by atoms with Gasteiger partial charge in [0.1, 0.15) is 16.5 Å². The number of hydrogen-bond donors (Lipinski definition) is 1. The molecular formula is C26H28N6O4S. The lowest BCUT2D eigenvalue weighted by Crippen LogP contribution is -2.49. The van der Waals surface area contributed by atoms with Crippen molar-refractivity contribution in [1.29, 1.82) is 0 Å². The number of methoxy groups -OCH3 is 1. The van der Waals surface area contributed by atoms with Gasteiger partial charge in [-0.25, -0.2) is 9.78 Å². The molecule has 192 valence electrons. The first kappa shape index (κ1) is 24.7. The Labute approximate surface area is 218 Å². The van der Waals surface area contributed by atoms with Crippen molar-refractivity contribution in [2.75, 3.05) is 45.2 Å². The van der Waals surface area contributed by atoms with Crippen LogP contribution in [0.5, 0.6) is 11.5 Å². The van der Waals surface area contributed by atoms with Gasteiger partial charge in [0.15, 0.2) is 0 Å². The number of benzene rings is 2. The maximum absolute atomic E-state index is 12.7. The highest BCUT2D eigenvalue weighted by Crippen LogP contribution is 2.27. The molecule has 2 aromatic carbocycles. The fourth-order valence-electron chi connectivity index (χ4n) is 4.15. The monoisotopic (exact) mass is 520 g/mol. The van der Waals surface area contributed by atoms with E-state index < -0.39 is 0 Å². The van der Waals surface area contributed by atoms with Crippen LogP contribution < -0.4 is 20.3 Å². The summed E-state index contributed by atoms with van der Waals surface area (Å²) in [6.07, 6.45) is 0. The lowest BCUT2D eigenvalue weighted by molar-refractivity contribution is 0.142. The Balaban J connectivity index is 1.20. The number of anilines is 1. The van der Waals surface area contributed by atoms with Crippen LogP contribution in [0.15, 0.2) is 59.4 Å². The van der Waals surface area contributed by atoms with Crippen molar-refractivity contribution >= 4 is 28.0 Å². The molecule has 3 heterocycles. The first-order chi connectivity index (χ1) is 18.0. The molecule has 1 saturated heterocycles. The van der Waals surface area contributed by atoms with E-state index in [1.807, 2.05) is 55.5 Å². The number of hydrogen-bond acceptors (Lipinski definition) is 8. The number of rotatable bonds is 7. The van der Waals surface area contributed by atoms with Gasteiger partial charge in [-0.3, -0.25) is 9.69 Å². The Bertz CT molecular complexity index is 1440. The SMILES string of the molecule is CCOc1ccc(NC(=O)N2CCN(Cc3cc(=O)n4nc(-c5cccc(OC)c5)sc4n3)CC2)cc1. The molecule has 0 atom stereocenters. The van der Waals surface area contributed by atoms with Crippen LogP contribution in [0.25, 0.3) is 15.5 Å². The highest BCUT2D eigenvalue weighted by atomic mass is 32.1. The number of urea groups is 1. The molecule has 0 radical (unpaired) electrons. The van der Waals surface area contributed by atoms with Gasteiger partial charge in [0.25, 0.3) is 5.56 Å². The van der Waals surface area contributed by atoms with Crippen LogP contribution in [0.3, 0.4) is 0 Å². The first-order valence-electron chi connectivity index (χ1n) is 12.1. The van der Waals surface area contributed by atoms with Crippen molar-refractivity contribution in [2.24, 2.45) is 0 Å². The minimum Gasteiger partial charge on any atom is -0.497 e. The number of amides is 2. The van der Waals surface area contributed by atoms with E-state index >= 15 is 0 Å². The zero-order valence-electron chi connectivity index (χ0n) is 20.7. The summed E-state index contributed by atoms with van der Waals surface area (Å²) >= 11 is 1.37. The maximum atomic E-state index is 12.7. The van der Waals surface area contributed by atoms with Crippen LogP contribution in [0.4, 0.5) is 10.5 Å². The zero-order valence-corrected chi connectivity index (χ0v) is 21.5. The summed E-state index contributed by atoms with van der Waals surface area (Å²) in [6, 6.07) is 16.3. The Morgan fingerprint density at radius 1 is 1.05 bits per heavy atom. The van der Waals surface area contributed by atoms with E-state index in [1.165, 1.54) is 21.9 Å². The second-order valence-corrected chi connectivity index (χ2v) is 9.53. The summed E-state index contributed by atoms with van der Waals surface area (Å²) in [5.41, 5.74) is 2.08. The number of carbonyl (C=O) groups is 1. The van der Waals surface area contributed by atoms with Crippen molar-refractivity contribution < 1.29 is 14.3 Å². The molecule has 10 nitrogen and oxygen atoms in total. The zero-order chi connectivity index (χ0) is 25.8. The van der Waals surface area contributed by atoms with E-state index in [0.717, 1.165) is 22.7 Å². The summed E-state index contributed by atoms with van der Waals surface area (Å²) in [5.74, 6) is 1.50. The molecule has 4 aromatic rings. The van der Waals surface area contributed by atoms with E-state index in [4.69, 9.17) is 14.5 Å². The molecule has 0 spiro atoms. The van der Waals surface area contributed by atoms with Gasteiger partial charge in [-0.05, 0) is 43.3 Å². The number of nitrogens with one attached hydrogen (secondary N) is 1. The second kappa shape index (κ2) is 11.0. The third-order valence-corrected chi connectivity index (χ3v) is 7.03. The minimum absolute atomic E-state index is 0.128. The van der Waals surface area contributed by atoms with Crippen molar-refractivity contribution in [3.8, 4) is 22.1 Å². The van der Waals surface area contributed by atoms with Crippen molar-refractivity contribution in [3.63, 3.8) is 0 Å². The van der Waals surface area contributed by atoms with Gasteiger partial charge in [0, 0.05) is 50.0 Å². The lowest BCUT2D eigenvalue weighted by Gasteiger charge is -2.34. The topological polar surface area (TPSA) is 101 Å². The summed E-state index contributed by atoms with van der Waals surface area (Å²) in [6.45, 7) is 5.62. The maximum Gasteiger partial charge on any atom is 0.321 e. The smallest absolute Gasteiger partial charge is 0.321 e. The lowest BCUT2D eigenvalue weighted by atomic mass is 10.2. The van der Waals surface area contributed by atoms with Crippen molar-refractivity contribution in [1.82, 2.24) is 24.4 Å². The Kier molecular flexibility index (Phi) is 7.33. The van der Waals surface area contributed by atoms with Crippen LogP contribution in [-0.2, 0) is 6.54 Å². The summed E-state index contributed by atoms with van der Waals surface area (Å²) in [4.78, 5) is 34.7. The van der Waals surface area contributed by atoms with Crippen molar-refractivity contribution in [2.45, 2.75) is 13.5 Å². The van der Waals surface area contributed by atoms with E-state index in [2.05, 4.69) is 15.3 Å². The van der Waals surface area contributed by atoms with E-state index in [9.17, 15) is 9.59 Å². The molecule has 2 aromatic heterocycles. The average Bonchev–Trinajstić information content (AvgIpc) is 3.35. The van der Waals surface area contributed by atoms with Gasteiger partial charge in [-0.1, -0.05) is 23.5 Å². The van der Waals surface area contributed by atoms with Crippen LogP contribution in [0.2, 0.25) is 0 Å². The third-order valence-electron chi connectivity index (χ3n) is 6.08. The first-order valence-corrected chi connectivity index (χ1v) is 12.9. The Morgan fingerprint density at radius 2 is 1.84 bits per heavy atom. The molecular weight excluding hydrogens is 492 g/mol. The van der Waals surface area contributed by atoms with Crippen LogP contribution in [0, 0.1) is 0 Å². The fourth-order valence-corrected chi connectivity index (χ4v) is 5.07. The molecule has 1 aliphatic rings. The Hall–Kier alpha value is -3.96. The summed E-state index contributed by atoms with van der Waals surface area (Å²) < 4.78 is 12.1. The number of ether oxygens (including phenoxy) is 2. The van der Waals surface area contributed by atoms with Crippen molar-refractivity contribution in [3.05, 3.63) is 70.6 Å². The number of fused-ring (bicyclic) bond motifs is 1. The third kappa shape index (κ3) is 5.73.